The van der Waals surface area contributed by atoms with E-state index in [4.69, 9.17) is 0 Å². The van der Waals surface area contributed by atoms with E-state index in [1.165, 1.54) is 21.6 Å². The number of rotatable bonds is 2. The Morgan fingerprint density at radius 1 is 0.879 bits per heavy atom. The minimum Gasteiger partial charge on any atom is -0.254 e. The lowest BCUT2D eigenvalue weighted by Gasteiger charge is -2.28. The van der Waals surface area contributed by atoms with Crippen molar-refractivity contribution in [3.8, 4) is 0 Å². The molecule has 3 aliphatic rings. The summed E-state index contributed by atoms with van der Waals surface area (Å²) < 4.78 is 38.7. The Kier molecular flexibility index (Phi) is 5.51. The van der Waals surface area contributed by atoms with E-state index in [1.807, 2.05) is 30.0 Å². The largest absolute Gasteiger partial charge is 0.254 e. The van der Waals surface area contributed by atoms with E-state index in [-0.39, 0.29) is 11.0 Å². The molecule has 3 heterocycles. The lowest BCUT2D eigenvalue weighted by Crippen LogP contribution is -2.20. The predicted molar refractivity (Wildman–Crippen MR) is 134 cm³/mol. The molecule has 0 N–H and O–H groups in total. The van der Waals surface area contributed by atoms with Crippen molar-refractivity contribution in [2.45, 2.75) is 58.0 Å². The van der Waals surface area contributed by atoms with E-state index in [0.29, 0.717) is 17.2 Å². The van der Waals surface area contributed by atoms with Gasteiger partial charge >= 0.3 is 0 Å². The van der Waals surface area contributed by atoms with Crippen LogP contribution in [0.4, 0.5) is 0 Å². The highest BCUT2D eigenvalue weighted by atomic mass is 32.2. The molecule has 3 unspecified atom stereocenters. The van der Waals surface area contributed by atoms with E-state index < -0.39 is 20.6 Å². The number of hydrogen-bond donors (Lipinski definition) is 0. The van der Waals surface area contributed by atoms with Gasteiger partial charge in [-0.1, -0.05) is 42.5 Å². The van der Waals surface area contributed by atoms with Gasteiger partial charge in [-0.15, -0.1) is 11.8 Å². The van der Waals surface area contributed by atoms with Gasteiger partial charge in [-0.05, 0) is 84.0 Å². The first-order chi connectivity index (χ1) is 16.0. The van der Waals surface area contributed by atoms with Crippen molar-refractivity contribution >= 4 is 32.4 Å². The molecule has 0 spiro atoms. The molecule has 3 aliphatic heterocycles. The molecule has 0 aliphatic carbocycles. The van der Waals surface area contributed by atoms with E-state index in [0.717, 1.165) is 47.5 Å². The van der Waals surface area contributed by atoms with Crippen LogP contribution in [0.3, 0.4) is 0 Å². The van der Waals surface area contributed by atoms with Crippen LogP contribution in [0.2, 0.25) is 0 Å². The number of aryl methyl sites for hydroxylation is 2. The summed E-state index contributed by atoms with van der Waals surface area (Å²) in [4.78, 5) is 2.77. The van der Waals surface area contributed by atoms with Gasteiger partial charge in [0, 0.05) is 15.5 Å². The Labute approximate surface area is 202 Å². The van der Waals surface area contributed by atoms with Gasteiger partial charge in [0.25, 0.3) is 0 Å². The second-order valence-electron chi connectivity index (χ2n) is 9.30. The van der Waals surface area contributed by atoms with E-state index >= 15 is 0 Å². The molecule has 6 rings (SSSR count). The Balaban J connectivity index is 1.28. The fourth-order valence-corrected chi connectivity index (χ4v) is 9.94. The van der Waals surface area contributed by atoms with Gasteiger partial charge in [0.1, 0.15) is 0 Å². The van der Waals surface area contributed by atoms with Crippen molar-refractivity contribution in [3.63, 3.8) is 0 Å². The minimum atomic E-state index is -3.22. The molecular weight excluding hydrogens is 468 g/mol. The molecular formula is C27H26O3S3. The molecule has 6 heteroatoms. The van der Waals surface area contributed by atoms with Crippen LogP contribution in [-0.4, -0.2) is 24.1 Å². The minimum absolute atomic E-state index is 0.150. The van der Waals surface area contributed by atoms with Crippen LogP contribution in [-0.2, 0) is 39.9 Å². The maximum atomic E-state index is 13.6. The first-order valence-electron chi connectivity index (χ1n) is 11.6. The van der Waals surface area contributed by atoms with Crippen LogP contribution in [0.15, 0.2) is 75.4 Å². The quantitative estimate of drug-likeness (QED) is 0.463. The average molecular weight is 495 g/mol. The van der Waals surface area contributed by atoms with Gasteiger partial charge in [0.05, 0.1) is 26.7 Å². The third kappa shape index (κ3) is 3.90. The maximum absolute atomic E-state index is 13.6. The number of sulfone groups is 1. The second-order valence-corrected chi connectivity index (χ2v) is 14.0. The molecule has 170 valence electrons. The first-order valence-corrected chi connectivity index (χ1v) is 15.4. The number of benzene rings is 3. The molecule has 3 nitrogen and oxygen atoms in total. The van der Waals surface area contributed by atoms with Crippen LogP contribution < -0.4 is 0 Å². The topological polar surface area (TPSA) is 51.2 Å². The van der Waals surface area contributed by atoms with Crippen molar-refractivity contribution in [2.24, 2.45) is 0 Å². The normalized spacial score (nSPS) is 25.5. The molecule has 33 heavy (non-hydrogen) atoms. The summed E-state index contributed by atoms with van der Waals surface area (Å²) in [6.45, 7) is 0. The fraction of sp³-hybridized carbons (Fsp3) is 0.333. The van der Waals surface area contributed by atoms with Crippen LogP contribution in [0, 0.1) is 0 Å². The number of fused-ring (bicyclic) bond motifs is 3. The summed E-state index contributed by atoms with van der Waals surface area (Å²) in [6, 6.07) is 20.9. The Hall–Kier alpha value is -1.89. The highest BCUT2D eigenvalue weighted by molar-refractivity contribution is 7.99. The van der Waals surface area contributed by atoms with Gasteiger partial charge in [-0.3, -0.25) is 4.21 Å². The smallest absolute Gasteiger partial charge is 0.178 e. The second kappa shape index (κ2) is 8.40. The molecule has 0 amide bonds. The first kappa shape index (κ1) is 21.6. The van der Waals surface area contributed by atoms with Gasteiger partial charge in [0.15, 0.2) is 9.84 Å². The van der Waals surface area contributed by atoms with Crippen LogP contribution >= 0.6 is 11.8 Å². The number of hydrogen-bond acceptors (Lipinski definition) is 4. The van der Waals surface area contributed by atoms with Gasteiger partial charge in [-0.25, -0.2) is 8.42 Å². The van der Waals surface area contributed by atoms with Crippen molar-refractivity contribution in [2.75, 3.05) is 11.5 Å². The molecule has 0 radical (unpaired) electrons. The molecule has 3 aromatic carbocycles. The standard InChI is InChI=1S/C27H26O3S3/c28-32-25-11-9-19(23-15-20-4-1-2-6-24(20)31-17-23)14-21(25)10-12-26(32)22-8-7-18-5-3-13-33(29,30)27(18)16-22/h1-2,4,6-9,11,14,16,23,26H,3,5,10,12-13,15,17H2. The Bertz CT molecular complexity index is 1380. The summed E-state index contributed by atoms with van der Waals surface area (Å²) in [5.74, 6) is 1.77. The van der Waals surface area contributed by atoms with E-state index in [1.54, 1.807) is 0 Å². The van der Waals surface area contributed by atoms with Gasteiger partial charge in [0.2, 0.25) is 0 Å². The van der Waals surface area contributed by atoms with Crippen molar-refractivity contribution < 1.29 is 12.6 Å². The van der Waals surface area contributed by atoms with Crippen LogP contribution in [0.5, 0.6) is 0 Å². The molecule has 0 saturated carbocycles. The SMILES string of the molecule is O=S1c2ccc(C3CSc4ccccc4C3)cc2CCC1c1ccc2c(c1)S(=O)(=O)CCC2. The highest BCUT2D eigenvalue weighted by Crippen LogP contribution is 2.42. The molecule has 3 atom stereocenters. The van der Waals surface area contributed by atoms with E-state index in [2.05, 4.69) is 42.5 Å². The zero-order valence-corrected chi connectivity index (χ0v) is 20.8. The summed E-state index contributed by atoms with van der Waals surface area (Å²) in [5, 5.41) is -0.150. The molecule has 0 fully saturated rings. The molecule has 0 saturated heterocycles. The highest BCUT2D eigenvalue weighted by Gasteiger charge is 2.31. The fourth-order valence-electron chi connectivity index (χ4n) is 5.45. The lowest BCUT2D eigenvalue weighted by molar-refractivity contribution is 0.586. The third-order valence-electron chi connectivity index (χ3n) is 7.24. The van der Waals surface area contributed by atoms with Crippen molar-refractivity contribution in [3.05, 3.63) is 88.5 Å². The predicted octanol–water partition coefficient (Wildman–Crippen LogP) is 5.63. The lowest BCUT2D eigenvalue weighted by atomic mass is 9.91. The van der Waals surface area contributed by atoms with Crippen LogP contribution in [0.25, 0.3) is 0 Å². The van der Waals surface area contributed by atoms with Gasteiger partial charge in [-0.2, -0.15) is 0 Å². The third-order valence-corrected chi connectivity index (χ3v) is 12.3. The Morgan fingerprint density at radius 3 is 2.64 bits per heavy atom. The summed E-state index contributed by atoms with van der Waals surface area (Å²) in [5.41, 5.74) is 5.75. The summed E-state index contributed by atoms with van der Waals surface area (Å²) in [6.07, 6.45) is 4.20. The molecule has 0 bridgehead atoms. The van der Waals surface area contributed by atoms with Crippen LogP contribution in [0.1, 0.15) is 51.8 Å². The van der Waals surface area contributed by atoms with Crippen molar-refractivity contribution in [1.29, 1.82) is 0 Å². The average Bonchev–Trinajstić information content (AvgIpc) is 2.83. The van der Waals surface area contributed by atoms with Gasteiger partial charge < -0.3 is 0 Å². The Morgan fingerprint density at radius 2 is 1.73 bits per heavy atom. The maximum Gasteiger partial charge on any atom is 0.178 e. The van der Waals surface area contributed by atoms with E-state index in [9.17, 15) is 12.6 Å². The van der Waals surface area contributed by atoms with Crippen molar-refractivity contribution in [1.82, 2.24) is 0 Å². The number of thioether (sulfide) groups is 1. The molecule has 3 aromatic rings. The zero-order valence-electron chi connectivity index (χ0n) is 18.3. The zero-order chi connectivity index (χ0) is 22.6. The monoisotopic (exact) mass is 494 g/mol. The summed E-state index contributed by atoms with van der Waals surface area (Å²) >= 11 is 1.93. The summed E-state index contributed by atoms with van der Waals surface area (Å²) in [7, 11) is -4.40. The molecule has 0 aromatic heterocycles.